The molecule has 2 heterocycles. The molecule has 0 spiro atoms. The maximum atomic E-state index is 13.1. The maximum absolute atomic E-state index is 13.1. The average Bonchev–Trinajstić information content (AvgIpc) is 3.20. The Balaban J connectivity index is 1.89. The van der Waals surface area contributed by atoms with E-state index in [-0.39, 0.29) is 17.9 Å². The van der Waals surface area contributed by atoms with Gasteiger partial charge in [0.25, 0.3) is 5.69 Å². The Labute approximate surface area is 191 Å². The second-order valence-corrected chi connectivity index (χ2v) is 7.89. The van der Waals surface area contributed by atoms with E-state index < -0.39 is 28.7 Å². The average molecular weight is 455 g/mol. The molecular formula is C23H27N4O6+. The fourth-order valence-corrected chi connectivity index (χ4v) is 4.05. The van der Waals surface area contributed by atoms with Crippen LogP contribution in [0.1, 0.15) is 31.7 Å². The molecule has 10 heteroatoms. The molecule has 0 saturated carbocycles. The van der Waals surface area contributed by atoms with Gasteiger partial charge in [0.1, 0.15) is 18.3 Å². The van der Waals surface area contributed by atoms with E-state index in [0.717, 1.165) is 0 Å². The van der Waals surface area contributed by atoms with Crippen molar-refractivity contribution in [1.29, 1.82) is 0 Å². The zero-order valence-electron chi connectivity index (χ0n) is 19.1. The molecular weight excluding hydrogens is 428 g/mol. The van der Waals surface area contributed by atoms with E-state index in [1.165, 1.54) is 25.3 Å². The van der Waals surface area contributed by atoms with Crippen LogP contribution < -0.4 is 4.57 Å². The Bertz CT molecular complexity index is 1130. The van der Waals surface area contributed by atoms with Crippen LogP contribution in [0.15, 0.2) is 59.2 Å². The van der Waals surface area contributed by atoms with Gasteiger partial charge in [0.2, 0.25) is 6.33 Å². The molecule has 174 valence electrons. The van der Waals surface area contributed by atoms with Crippen molar-refractivity contribution < 1.29 is 28.6 Å². The van der Waals surface area contributed by atoms with Crippen LogP contribution in [0.5, 0.6) is 0 Å². The number of aryl methyl sites for hydroxylation is 2. The fourth-order valence-electron chi connectivity index (χ4n) is 4.05. The van der Waals surface area contributed by atoms with Crippen LogP contribution in [-0.2, 0) is 32.7 Å². The van der Waals surface area contributed by atoms with Gasteiger partial charge >= 0.3 is 11.9 Å². The van der Waals surface area contributed by atoms with Gasteiger partial charge in [0, 0.05) is 35.9 Å². The number of imidazole rings is 1. The quantitative estimate of drug-likeness (QED) is 0.198. The van der Waals surface area contributed by atoms with E-state index in [0.29, 0.717) is 29.9 Å². The minimum atomic E-state index is -0.900. The smallest absolute Gasteiger partial charge is 0.336 e. The second-order valence-electron chi connectivity index (χ2n) is 7.89. The summed E-state index contributed by atoms with van der Waals surface area (Å²) >= 11 is 0. The second kappa shape index (κ2) is 10.2. The molecule has 0 radical (unpaired) electrons. The number of nitrogens with zero attached hydrogens (tertiary/aromatic N) is 4. The lowest BCUT2D eigenvalue weighted by molar-refractivity contribution is -0.671. The lowest BCUT2D eigenvalue weighted by Crippen LogP contribution is -2.36. The first-order chi connectivity index (χ1) is 15.7. The molecule has 3 rings (SSSR count). The number of nitro groups is 1. The number of esters is 2. The molecule has 2 aromatic rings. The van der Waals surface area contributed by atoms with Gasteiger partial charge in [-0.15, -0.1) is 0 Å². The monoisotopic (exact) mass is 455 g/mol. The number of hydrogen-bond donors (Lipinski definition) is 0. The van der Waals surface area contributed by atoms with Crippen LogP contribution in [-0.4, -0.2) is 40.9 Å². The van der Waals surface area contributed by atoms with E-state index in [4.69, 9.17) is 9.47 Å². The third-order valence-corrected chi connectivity index (χ3v) is 5.56. The molecule has 33 heavy (non-hydrogen) atoms. The van der Waals surface area contributed by atoms with Crippen molar-refractivity contribution in [3.8, 4) is 0 Å². The molecule has 1 aromatic carbocycles. The van der Waals surface area contributed by atoms with Crippen LogP contribution in [0.3, 0.4) is 0 Å². The minimum absolute atomic E-state index is 0.137. The summed E-state index contributed by atoms with van der Waals surface area (Å²) in [5.41, 5.74) is 1.38. The van der Waals surface area contributed by atoms with Crippen molar-refractivity contribution in [3.63, 3.8) is 0 Å². The number of ether oxygens (including phenoxy) is 2. The first-order valence-corrected chi connectivity index (χ1v) is 10.5. The van der Waals surface area contributed by atoms with E-state index in [9.17, 15) is 19.7 Å². The molecule has 0 saturated heterocycles. The van der Waals surface area contributed by atoms with Gasteiger partial charge in [0.15, 0.2) is 0 Å². The Morgan fingerprint density at radius 3 is 2.70 bits per heavy atom. The highest BCUT2D eigenvalue weighted by atomic mass is 16.6. The number of hydrogen-bond acceptors (Lipinski definition) is 7. The number of allylic oxidation sites excluding steroid dienone is 1. The highest BCUT2D eigenvalue weighted by molar-refractivity contribution is 6.07. The topological polar surface area (TPSA) is 117 Å². The van der Waals surface area contributed by atoms with Crippen molar-refractivity contribution in [2.24, 2.45) is 18.0 Å². The van der Waals surface area contributed by atoms with Crippen molar-refractivity contribution in [2.45, 2.75) is 32.7 Å². The Kier molecular flexibility index (Phi) is 7.37. The fraction of sp³-hybridized carbons (Fsp3) is 0.391. The van der Waals surface area contributed by atoms with E-state index in [1.54, 1.807) is 19.9 Å². The van der Waals surface area contributed by atoms with Crippen LogP contribution in [0.4, 0.5) is 5.69 Å². The van der Waals surface area contributed by atoms with Gasteiger partial charge in [-0.05, 0) is 19.4 Å². The predicted molar refractivity (Wildman–Crippen MR) is 118 cm³/mol. The van der Waals surface area contributed by atoms with Gasteiger partial charge in [-0.3, -0.25) is 19.9 Å². The molecule has 0 aliphatic carbocycles. The SMILES string of the molecule is COC(=O)C1C(C)=NC(C)=C(C(=O)OCCCn2cc[n+](C)c2)[C@H]1c1cccc([N+](=O)[O-])c1. The maximum Gasteiger partial charge on any atom is 0.336 e. The third-order valence-electron chi connectivity index (χ3n) is 5.56. The molecule has 10 nitrogen and oxygen atoms in total. The molecule has 2 atom stereocenters. The summed E-state index contributed by atoms with van der Waals surface area (Å²) in [4.78, 5) is 41.0. The summed E-state index contributed by atoms with van der Waals surface area (Å²) in [6, 6.07) is 5.90. The van der Waals surface area contributed by atoms with Crippen LogP contribution in [0, 0.1) is 16.0 Å². The molecule has 1 aliphatic rings. The number of rotatable bonds is 8. The summed E-state index contributed by atoms with van der Waals surface area (Å²) in [5, 5.41) is 11.3. The summed E-state index contributed by atoms with van der Waals surface area (Å²) < 4.78 is 14.4. The molecule has 1 aromatic heterocycles. The summed E-state index contributed by atoms with van der Waals surface area (Å²) in [5.74, 6) is -2.90. The normalized spacial score (nSPS) is 18.0. The van der Waals surface area contributed by atoms with Crippen molar-refractivity contribution >= 4 is 23.3 Å². The Morgan fingerprint density at radius 1 is 1.30 bits per heavy atom. The number of benzene rings is 1. The molecule has 0 amide bonds. The molecule has 1 aliphatic heterocycles. The standard InChI is InChI=1S/C23H27N4O6/c1-15-19(22(28)32-4)21(17-7-5-8-18(13-17)27(30)31)20(16(2)24-15)23(29)33-12-6-9-26-11-10-25(3)14-26/h5,7-8,10-11,13-14,19,21H,6,9,12H2,1-4H3/q+1/t19?,21-/m0/s1. The molecule has 0 fully saturated rings. The van der Waals surface area contributed by atoms with Gasteiger partial charge < -0.3 is 9.47 Å². The number of aliphatic imine (C=N–C) groups is 1. The predicted octanol–water partition coefficient (Wildman–Crippen LogP) is 2.48. The number of carbonyl (C=O) groups is 2. The van der Waals surface area contributed by atoms with Gasteiger partial charge in [-0.1, -0.05) is 12.1 Å². The van der Waals surface area contributed by atoms with Gasteiger partial charge in [-0.2, -0.15) is 0 Å². The number of non-ortho nitro benzene ring substituents is 1. The number of aromatic nitrogens is 2. The highest BCUT2D eigenvalue weighted by Gasteiger charge is 2.42. The van der Waals surface area contributed by atoms with Crippen LogP contribution in [0.2, 0.25) is 0 Å². The zero-order valence-corrected chi connectivity index (χ0v) is 19.1. The van der Waals surface area contributed by atoms with Gasteiger partial charge in [-0.25, -0.2) is 13.9 Å². The third kappa shape index (κ3) is 5.33. The highest BCUT2D eigenvalue weighted by Crippen LogP contribution is 2.40. The number of methoxy groups -OCH3 is 1. The molecule has 0 N–H and O–H groups in total. The summed E-state index contributed by atoms with van der Waals surface area (Å²) in [6.07, 6.45) is 6.36. The van der Waals surface area contributed by atoms with Crippen LogP contribution >= 0.6 is 0 Å². The first kappa shape index (κ1) is 23.8. The minimum Gasteiger partial charge on any atom is -0.468 e. The Hall–Kier alpha value is -3.82. The number of carbonyl (C=O) groups excluding carboxylic acids is 2. The lowest BCUT2D eigenvalue weighted by atomic mass is 9.75. The van der Waals surface area contributed by atoms with Crippen molar-refractivity contribution in [2.75, 3.05) is 13.7 Å². The summed E-state index contributed by atoms with van der Waals surface area (Å²) in [6.45, 7) is 4.18. The van der Waals surface area contributed by atoms with E-state index >= 15 is 0 Å². The summed E-state index contributed by atoms with van der Waals surface area (Å²) in [7, 11) is 3.17. The van der Waals surface area contributed by atoms with Crippen molar-refractivity contribution in [1.82, 2.24) is 4.57 Å². The number of nitro benzene ring substituents is 1. The Morgan fingerprint density at radius 2 is 2.06 bits per heavy atom. The zero-order chi connectivity index (χ0) is 24.1. The molecule has 0 bridgehead atoms. The van der Waals surface area contributed by atoms with Crippen LogP contribution in [0.25, 0.3) is 0 Å². The van der Waals surface area contributed by atoms with Gasteiger partial charge in [0.05, 0.1) is 37.8 Å². The van der Waals surface area contributed by atoms with Crippen molar-refractivity contribution in [3.05, 3.63) is 69.9 Å². The lowest BCUT2D eigenvalue weighted by Gasteiger charge is -2.31. The first-order valence-electron chi connectivity index (χ1n) is 10.5. The van der Waals surface area contributed by atoms with E-state index in [1.807, 2.05) is 34.9 Å². The molecule has 1 unspecified atom stereocenters. The largest absolute Gasteiger partial charge is 0.468 e. The van der Waals surface area contributed by atoms with E-state index in [2.05, 4.69) is 4.99 Å².